The summed E-state index contributed by atoms with van der Waals surface area (Å²) in [5, 5.41) is 3.45. The summed E-state index contributed by atoms with van der Waals surface area (Å²) in [6.45, 7) is 1.74. The Morgan fingerprint density at radius 1 is 1.18 bits per heavy atom. The van der Waals surface area contributed by atoms with Crippen molar-refractivity contribution in [2.45, 2.75) is 31.5 Å². The highest BCUT2D eigenvalue weighted by Crippen LogP contribution is 2.41. The number of rotatable bonds is 9. The molecule has 0 bridgehead atoms. The average Bonchev–Trinajstić information content (AvgIpc) is 3.43. The van der Waals surface area contributed by atoms with E-state index in [0.29, 0.717) is 19.6 Å². The van der Waals surface area contributed by atoms with Gasteiger partial charge in [0.1, 0.15) is 0 Å². The fourth-order valence-electron chi connectivity index (χ4n) is 3.32. The van der Waals surface area contributed by atoms with Gasteiger partial charge in [-0.1, -0.05) is 36.3 Å². The third kappa shape index (κ3) is 5.38. The Bertz CT molecular complexity index is 876. The molecule has 1 fully saturated rings. The Kier molecular flexibility index (Phi) is 6.40. The third-order valence-electron chi connectivity index (χ3n) is 4.85. The minimum Gasteiger partial charge on any atom is -0.369 e. The highest BCUT2D eigenvalue weighted by atomic mass is 19.2. The number of benzene rings is 2. The van der Waals surface area contributed by atoms with Gasteiger partial charge in [-0.25, -0.2) is 8.78 Å². The van der Waals surface area contributed by atoms with Crippen molar-refractivity contribution in [2.24, 2.45) is 5.73 Å². The molecule has 146 valence electrons. The summed E-state index contributed by atoms with van der Waals surface area (Å²) in [6, 6.07) is 12.4. The monoisotopic (exact) mass is 383 g/mol. The number of primary amides is 1. The first-order chi connectivity index (χ1) is 13.5. The molecule has 0 aromatic heterocycles. The second-order valence-electron chi connectivity index (χ2n) is 7.14. The molecule has 4 nitrogen and oxygen atoms in total. The van der Waals surface area contributed by atoms with Crippen LogP contribution < -0.4 is 11.1 Å². The number of carbonyl (C=O) groups is 1. The minimum absolute atomic E-state index is 0.126. The second kappa shape index (κ2) is 8.96. The van der Waals surface area contributed by atoms with Crippen molar-refractivity contribution in [1.82, 2.24) is 10.2 Å². The van der Waals surface area contributed by atoms with Crippen LogP contribution in [0.15, 0.2) is 42.5 Å². The molecule has 1 aliphatic carbocycles. The number of hydrogen-bond donors (Lipinski definition) is 2. The summed E-state index contributed by atoms with van der Waals surface area (Å²) in [7, 11) is 0. The lowest BCUT2D eigenvalue weighted by molar-refractivity contribution is -0.119. The first-order valence-electron chi connectivity index (χ1n) is 9.16. The van der Waals surface area contributed by atoms with E-state index < -0.39 is 17.5 Å². The molecule has 0 saturated heterocycles. The summed E-state index contributed by atoms with van der Waals surface area (Å²) >= 11 is 0. The topological polar surface area (TPSA) is 58.4 Å². The zero-order valence-electron chi connectivity index (χ0n) is 15.5. The summed E-state index contributed by atoms with van der Waals surface area (Å²) in [4.78, 5) is 12.9. The highest BCUT2D eigenvalue weighted by molar-refractivity contribution is 5.75. The van der Waals surface area contributed by atoms with Gasteiger partial charge in [-0.2, -0.15) is 0 Å². The highest BCUT2D eigenvalue weighted by Gasteiger charge is 2.38. The number of halogens is 2. The fraction of sp³-hybridized carbons (Fsp3) is 0.318. The Labute approximate surface area is 163 Å². The normalized spacial score (nSPS) is 18.1. The van der Waals surface area contributed by atoms with Gasteiger partial charge in [0.15, 0.2) is 11.6 Å². The first kappa shape index (κ1) is 20.0. The number of nitrogens with zero attached hydrogens (tertiary/aromatic N) is 1. The van der Waals surface area contributed by atoms with Gasteiger partial charge in [0.05, 0.1) is 13.1 Å². The van der Waals surface area contributed by atoms with E-state index in [-0.39, 0.29) is 18.5 Å². The molecule has 1 aliphatic rings. The van der Waals surface area contributed by atoms with E-state index in [1.165, 1.54) is 12.1 Å². The maximum atomic E-state index is 13.4. The van der Waals surface area contributed by atoms with E-state index in [4.69, 9.17) is 12.2 Å². The standard InChI is InChI=1S/C22H23F2N3O/c1-2-9-27(14-22(25)28)13-16-5-3-15(4-6-16)12-26-21-11-18(21)17-7-8-19(23)20(24)10-17/h1,3-8,10,18,21,26H,9,11-14H2,(H2,25,28)/t18-,21+/m0/s1. The summed E-state index contributed by atoms with van der Waals surface area (Å²) in [5.74, 6) is 0.737. The van der Waals surface area contributed by atoms with Crippen LogP contribution in [0.4, 0.5) is 8.78 Å². The molecular formula is C22H23F2N3O. The second-order valence-corrected chi connectivity index (χ2v) is 7.14. The summed E-state index contributed by atoms with van der Waals surface area (Å²) in [5.41, 5.74) is 8.25. The summed E-state index contributed by atoms with van der Waals surface area (Å²) < 4.78 is 26.4. The van der Waals surface area contributed by atoms with Gasteiger partial charge < -0.3 is 11.1 Å². The van der Waals surface area contributed by atoms with Crippen molar-refractivity contribution in [3.05, 3.63) is 70.8 Å². The molecule has 2 atom stereocenters. The van der Waals surface area contributed by atoms with Crippen LogP contribution in [-0.4, -0.2) is 29.9 Å². The lowest BCUT2D eigenvalue weighted by Crippen LogP contribution is -2.33. The average molecular weight is 383 g/mol. The molecule has 3 rings (SSSR count). The number of terminal acetylenes is 1. The SMILES string of the molecule is C#CCN(CC(N)=O)Cc1ccc(CN[C@@H]2C[C@H]2c2ccc(F)c(F)c2)cc1. The van der Waals surface area contributed by atoms with Crippen LogP contribution in [0.25, 0.3) is 0 Å². The van der Waals surface area contributed by atoms with Crippen molar-refractivity contribution in [3.63, 3.8) is 0 Å². The van der Waals surface area contributed by atoms with Crippen molar-refractivity contribution < 1.29 is 13.6 Å². The van der Waals surface area contributed by atoms with Gasteiger partial charge >= 0.3 is 0 Å². The minimum atomic E-state index is -0.814. The van der Waals surface area contributed by atoms with Gasteiger partial charge in [-0.05, 0) is 35.2 Å². The molecule has 2 aromatic rings. The van der Waals surface area contributed by atoms with Gasteiger partial charge in [-0.15, -0.1) is 6.42 Å². The maximum absolute atomic E-state index is 13.4. The Balaban J connectivity index is 1.49. The van der Waals surface area contributed by atoms with E-state index in [2.05, 4.69) is 11.2 Å². The molecule has 3 N–H and O–H groups in total. The molecular weight excluding hydrogens is 360 g/mol. The number of amides is 1. The van der Waals surface area contributed by atoms with E-state index in [0.717, 1.165) is 23.1 Å². The molecule has 28 heavy (non-hydrogen) atoms. The van der Waals surface area contributed by atoms with Crippen LogP contribution in [0.5, 0.6) is 0 Å². The van der Waals surface area contributed by atoms with Crippen LogP contribution in [0.2, 0.25) is 0 Å². The van der Waals surface area contributed by atoms with Crippen LogP contribution in [-0.2, 0) is 17.9 Å². The van der Waals surface area contributed by atoms with E-state index >= 15 is 0 Å². The number of carbonyl (C=O) groups excluding carboxylic acids is 1. The third-order valence-corrected chi connectivity index (χ3v) is 4.85. The van der Waals surface area contributed by atoms with E-state index in [1.807, 2.05) is 29.2 Å². The zero-order valence-corrected chi connectivity index (χ0v) is 15.5. The largest absolute Gasteiger partial charge is 0.369 e. The van der Waals surface area contributed by atoms with Gasteiger partial charge in [0.2, 0.25) is 5.91 Å². The van der Waals surface area contributed by atoms with Crippen molar-refractivity contribution in [1.29, 1.82) is 0 Å². The Morgan fingerprint density at radius 3 is 2.54 bits per heavy atom. The molecule has 0 radical (unpaired) electrons. The quantitative estimate of drug-likeness (QED) is 0.655. The molecule has 1 amide bonds. The van der Waals surface area contributed by atoms with Gasteiger partial charge in [0.25, 0.3) is 0 Å². The molecule has 0 aliphatic heterocycles. The lowest BCUT2D eigenvalue weighted by Gasteiger charge is -2.18. The van der Waals surface area contributed by atoms with Crippen molar-refractivity contribution in [2.75, 3.05) is 13.1 Å². The van der Waals surface area contributed by atoms with Crippen LogP contribution in [0.1, 0.15) is 29.0 Å². The van der Waals surface area contributed by atoms with Crippen molar-refractivity contribution in [3.8, 4) is 12.3 Å². The van der Waals surface area contributed by atoms with Crippen LogP contribution >= 0.6 is 0 Å². The fourth-order valence-corrected chi connectivity index (χ4v) is 3.32. The first-order valence-corrected chi connectivity index (χ1v) is 9.16. The van der Waals surface area contributed by atoms with E-state index in [1.54, 1.807) is 6.07 Å². The van der Waals surface area contributed by atoms with Crippen molar-refractivity contribution >= 4 is 5.91 Å². The predicted octanol–water partition coefficient (Wildman–Crippen LogP) is 2.53. The Morgan fingerprint density at radius 2 is 1.89 bits per heavy atom. The van der Waals surface area contributed by atoms with E-state index in [9.17, 15) is 13.6 Å². The number of nitrogens with one attached hydrogen (secondary N) is 1. The lowest BCUT2D eigenvalue weighted by atomic mass is 10.1. The smallest absolute Gasteiger partial charge is 0.231 e. The molecule has 0 unspecified atom stereocenters. The number of nitrogens with two attached hydrogens (primary N) is 1. The number of hydrogen-bond acceptors (Lipinski definition) is 3. The summed E-state index contributed by atoms with van der Waals surface area (Å²) in [6.07, 6.45) is 6.25. The maximum Gasteiger partial charge on any atom is 0.231 e. The molecule has 0 heterocycles. The molecule has 0 spiro atoms. The Hall–Kier alpha value is -2.75. The van der Waals surface area contributed by atoms with Crippen LogP contribution in [0, 0.1) is 24.0 Å². The zero-order chi connectivity index (χ0) is 20.1. The van der Waals surface area contributed by atoms with Gasteiger partial charge in [-0.3, -0.25) is 9.69 Å². The van der Waals surface area contributed by atoms with Crippen LogP contribution in [0.3, 0.4) is 0 Å². The predicted molar refractivity (Wildman–Crippen MR) is 104 cm³/mol. The molecule has 1 saturated carbocycles. The van der Waals surface area contributed by atoms with Gasteiger partial charge in [0, 0.05) is 25.0 Å². The molecule has 6 heteroatoms. The molecule has 2 aromatic carbocycles.